The Balaban J connectivity index is 1.76. The largest absolute Gasteiger partial charge is 0.293 e. The van der Waals surface area contributed by atoms with Crippen molar-refractivity contribution < 1.29 is 9.59 Å². The Kier molecular flexibility index (Phi) is 5.75. The lowest BCUT2D eigenvalue weighted by Crippen LogP contribution is -2.27. The molecule has 3 rings (SSSR count). The average molecular weight is 461 g/mol. The summed E-state index contributed by atoms with van der Waals surface area (Å²) in [7, 11) is 0. The first-order valence-electron chi connectivity index (χ1n) is 7.76. The SMILES string of the molecule is CC(/C=C1\SC(=O)N(Cc2ccc(I)cc2)C1=O)=C\c1ccccc1. The van der Waals surface area contributed by atoms with Gasteiger partial charge in [0.15, 0.2) is 0 Å². The summed E-state index contributed by atoms with van der Waals surface area (Å²) in [6, 6.07) is 17.7. The molecule has 1 fully saturated rings. The van der Waals surface area contributed by atoms with Crippen molar-refractivity contribution in [3.8, 4) is 0 Å². The minimum absolute atomic E-state index is 0.220. The van der Waals surface area contributed by atoms with E-state index in [9.17, 15) is 9.59 Å². The third kappa shape index (κ3) is 4.61. The highest BCUT2D eigenvalue weighted by atomic mass is 127. The fraction of sp³-hybridized carbons (Fsp3) is 0.100. The van der Waals surface area contributed by atoms with Gasteiger partial charge in [-0.15, -0.1) is 0 Å². The van der Waals surface area contributed by atoms with Gasteiger partial charge in [0.1, 0.15) is 0 Å². The van der Waals surface area contributed by atoms with E-state index in [-0.39, 0.29) is 11.1 Å². The molecule has 0 aliphatic carbocycles. The van der Waals surface area contributed by atoms with Gasteiger partial charge in [-0.05, 0) is 76.2 Å². The normalized spacial score (nSPS) is 16.8. The van der Waals surface area contributed by atoms with E-state index < -0.39 is 0 Å². The molecular formula is C20H16INO2S. The number of hydrogen-bond donors (Lipinski definition) is 0. The molecule has 1 aliphatic heterocycles. The van der Waals surface area contributed by atoms with E-state index in [2.05, 4.69) is 22.6 Å². The number of carbonyl (C=O) groups is 2. The highest BCUT2D eigenvalue weighted by Crippen LogP contribution is 2.32. The maximum absolute atomic E-state index is 12.6. The number of halogens is 1. The molecule has 0 aromatic heterocycles. The van der Waals surface area contributed by atoms with E-state index in [1.54, 1.807) is 6.08 Å². The van der Waals surface area contributed by atoms with E-state index in [0.717, 1.165) is 32.0 Å². The highest BCUT2D eigenvalue weighted by molar-refractivity contribution is 14.1. The molecular weight excluding hydrogens is 445 g/mol. The van der Waals surface area contributed by atoms with Crippen LogP contribution in [0.1, 0.15) is 18.1 Å². The Labute approximate surface area is 164 Å². The second kappa shape index (κ2) is 8.01. The fourth-order valence-electron chi connectivity index (χ4n) is 2.47. The molecule has 1 heterocycles. The van der Waals surface area contributed by atoms with E-state index in [4.69, 9.17) is 0 Å². The maximum Gasteiger partial charge on any atom is 0.293 e. The quantitative estimate of drug-likeness (QED) is 0.448. The topological polar surface area (TPSA) is 37.4 Å². The molecule has 0 spiro atoms. The maximum atomic E-state index is 12.6. The third-order valence-electron chi connectivity index (χ3n) is 3.68. The van der Waals surface area contributed by atoms with E-state index in [0.29, 0.717) is 11.4 Å². The minimum Gasteiger partial charge on any atom is -0.268 e. The summed E-state index contributed by atoms with van der Waals surface area (Å²) >= 11 is 3.23. The molecule has 1 aliphatic rings. The molecule has 0 atom stereocenters. The second-order valence-electron chi connectivity index (χ2n) is 5.69. The molecule has 25 heavy (non-hydrogen) atoms. The standard InChI is InChI=1S/C20H16INO2S/c1-14(11-15-5-3-2-4-6-15)12-18-19(23)22(20(24)25-18)13-16-7-9-17(21)10-8-16/h2-12H,13H2,1H3/b14-11+,18-12-. The summed E-state index contributed by atoms with van der Waals surface area (Å²) < 4.78 is 1.12. The van der Waals surface area contributed by atoms with Crippen molar-refractivity contribution in [2.75, 3.05) is 0 Å². The van der Waals surface area contributed by atoms with Crippen LogP contribution in [0.2, 0.25) is 0 Å². The number of imide groups is 1. The Morgan fingerprint density at radius 2 is 1.76 bits per heavy atom. The number of benzene rings is 2. The van der Waals surface area contributed by atoms with Crippen LogP contribution in [-0.4, -0.2) is 16.0 Å². The minimum atomic E-state index is -0.227. The highest BCUT2D eigenvalue weighted by Gasteiger charge is 2.34. The lowest BCUT2D eigenvalue weighted by molar-refractivity contribution is -0.123. The summed E-state index contributed by atoms with van der Waals surface area (Å²) in [5.74, 6) is -0.227. The number of allylic oxidation sites excluding steroid dienone is 2. The fourth-order valence-corrected chi connectivity index (χ4v) is 3.72. The van der Waals surface area contributed by atoms with Gasteiger partial charge < -0.3 is 0 Å². The lowest BCUT2D eigenvalue weighted by Gasteiger charge is -2.12. The third-order valence-corrected chi connectivity index (χ3v) is 5.31. The smallest absolute Gasteiger partial charge is 0.268 e. The zero-order valence-electron chi connectivity index (χ0n) is 13.6. The van der Waals surface area contributed by atoms with Crippen molar-refractivity contribution in [2.24, 2.45) is 0 Å². The molecule has 0 radical (unpaired) electrons. The second-order valence-corrected chi connectivity index (χ2v) is 7.93. The van der Waals surface area contributed by atoms with Crippen molar-refractivity contribution in [1.82, 2.24) is 4.90 Å². The van der Waals surface area contributed by atoms with Gasteiger partial charge in [0.05, 0.1) is 11.4 Å². The molecule has 0 bridgehead atoms. The van der Waals surface area contributed by atoms with Crippen LogP contribution in [0.5, 0.6) is 0 Å². The Bertz CT molecular complexity index is 857. The number of nitrogens with zero attached hydrogens (tertiary/aromatic N) is 1. The molecule has 0 N–H and O–H groups in total. The summed E-state index contributed by atoms with van der Waals surface area (Å²) in [6.07, 6.45) is 3.78. The monoisotopic (exact) mass is 461 g/mol. The van der Waals surface area contributed by atoms with Gasteiger partial charge in [-0.1, -0.05) is 48.5 Å². The van der Waals surface area contributed by atoms with Gasteiger partial charge in [0, 0.05) is 3.57 Å². The number of carbonyl (C=O) groups excluding carboxylic acids is 2. The van der Waals surface area contributed by atoms with Gasteiger partial charge in [-0.3, -0.25) is 14.5 Å². The van der Waals surface area contributed by atoms with E-state index in [1.165, 1.54) is 4.90 Å². The molecule has 2 aromatic rings. The Morgan fingerprint density at radius 1 is 1.08 bits per heavy atom. The van der Waals surface area contributed by atoms with Crippen molar-refractivity contribution in [3.63, 3.8) is 0 Å². The summed E-state index contributed by atoms with van der Waals surface area (Å²) in [5.41, 5.74) is 2.95. The summed E-state index contributed by atoms with van der Waals surface area (Å²) in [6.45, 7) is 2.24. The summed E-state index contributed by atoms with van der Waals surface area (Å²) in [4.78, 5) is 26.5. The van der Waals surface area contributed by atoms with Gasteiger partial charge in [0.25, 0.3) is 11.1 Å². The van der Waals surface area contributed by atoms with Gasteiger partial charge in [0.2, 0.25) is 0 Å². The van der Waals surface area contributed by atoms with Crippen molar-refractivity contribution in [1.29, 1.82) is 0 Å². The van der Waals surface area contributed by atoms with Crippen LogP contribution in [0.4, 0.5) is 4.79 Å². The first-order valence-corrected chi connectivity index (χ1v) is 9.65. The predicted octanol–water partition coefficient (Wildman–Crippen LogP) is 5.47. The van der Waals surface area contributed by atoms with Gasteiger partial charge >= 0.3 is 0 Å². The van der Waals surface area contributed by atoms with Crippen molar-refractivity contribution >= 4 is 51.6 Å². The zero-order chi connectivity index (χ0) is 17.8. The Morgan fingerprint density at radius 3 is 2.44 bits per heavy atom. The van der Waals surface area contributed by atoms with Crippen LogP contribution < -0.4 is 0 Å². The zero-order valence-corrected chi connectivity index (χ0v) is 16.6. The number of hydrogen-bond acceptors (Lipinski definition) is 3. The average Bonchev–Trinajstić information content (AvgIpc) is 2.85. The number of amides is 2. The van der Waals surface area contributed by atoms with Crippen molar-refractivity contribution in [2.45, 2.75) is 13.5 Å². The molecule has 126 valence electrons. The number of rotatable bonds is 4. The molecule has 0 saturated carbocycles. The predicted molar refractivity (Wildman–Crippen MR) is 111 cm³/mol. The van der Waals surface area contributed by atoms with Crippen LogP contribution in [0.15, 0.2) is 71.2 Å². The van der Waals surface area contributed by atoms with Crippen LogP contribution in [0.25, 0.3) is 6.08 Å². The van der Waals surface area contributed by atoms with Crippen molar-refractivity contribution in [3.05, 3.63) is 85.8 Å². The molecule has 2 aromatic carbocycles. The van der Waals surface area contributed by atoms with Crippen LogP contribution in [0, 0.1) is 3.57 Å². The lowest BCUT2D eigenvalue weighted by atomic mass is 10.1. The first kappa shape index (κ1) is 17.9. The van der Waals surface area contributed by atoms with E-state index in [1.807, 2.05) is 67.6 Å². The van der Waals surface area contributed by atoms with Gasteiger partial charge in [-0.25, -0.2) is 0 Å². The molecule has 3 nitrogen and oxygen atoms in total. The molecule has 1 saturated heterocycles. The van der Waals surface area contributed by atoms with Gasteiger partial charge in [-0.2, -0.15) is 0 Å². The van der Waals surface area contributed by atoms with E-state index >= 15 is 0 Å². The molecule has 0 unspecified atom stereocenters. The number of thioether (sulfide) groups is 1. The Hall–Kier alpha value is -1.86. The molecule has 2 amide bonds. The van der Waals surface area contributed by atoms with Crippen LogP contribution in [0.3, 0.4) is 0 Å². The first-order chi connectivity index (χ1) is 12.0. The molecule has 5 heteroatoms. The van der Waals surface area contributed by atoms with Crippen LogP contribution in [-0.2, 0) is 11.3 Å². The van der Waals surface area contributed by atoms with Crippen LogP contribution >= 0.6 is 34.4 Å². The summed E-state index contributed by atoms with van der Waals surface area (Å²) in [5, 5.41) is -0.220.